The summed E-state index contributed by atoms with van der Waals surface area (Å²) in [6.07, 6.45) is 7.64. The quantitative estimate of drug-likeness (QED) is 0.610. The molecule has 26 heavy (non-hydrogen) atoms. The molecule has 1 unspecified atom stereocenters. The summed E-state index contributed by atoms with van der Waals surface area (Å²) in [6.45, 7) is 1.30. The van der Waals surface area contributed by atoms with Crippen LogP contribution in [0.2, 0.25) is 5.02 Å². The zero-order valence-electron chi connectivity index (χ0n) is 13.8. The van der Waals surface area contributed by atoms with Crippen molar-refractivity contribution in [3.8, 4) is 12.3 Å². The van der Waals surface area contributed by atoms with Crippen molar-refractivity contribution in [1.82, 2.24) is 10.6 Å². The Bertz CT molecular complexity index is 847. The molecule has 6 nitrogen and oxygen atoms in total. The standard InChI is InChI=1S/C18H16ClN3O3S/c1-2-4-15(23)20-12-7-8-22(10-12)16-11(5-3-6-13(16)19)9-14-17(24)21-18(25)26-14/h1,3,5-6,9,12H,4,7-8,10H2,(H,20,23)(H,21,24,25). The molecular formula is C18H16ClN3O3S. The number of amides is 3. The van der Waals surface area contributed by atoms with Crippen LogP contribution in [-0.2, 0) is 9.59 Å². The molecule has 8 heteroatoms. The van der Waals surface area contributed by atoms with E-state index in [1.165, 1.54) is 0 Å². The topological polar surface area (TPSA) is 78.5 Å². The van der Waals surface area contributed by atoms with Crippen molar-refractivity contribution < 1.29 is 14.4 Å². The number of carbonyl (C=O) groups is 3. The van der Waals surface area contributed by atoms with Crippen LogP contribution in [0.15, 0.2) is 23.1 Å². The summed E-state index contributed by atoms with van der Waals surface area (Å²) >= 11 is 7.27. The summed E-state index contributed by atoms with van der Waals surface area (Å²) in [5.41, 5.74) is 1.53. The van der Waals surface area contributed by atoms with Crippen LogP contribution in [0.3, 0.4) is 0 Å². The molecule has 0 bridgehead atoms. The highest BCUT2D eigenvalue weighted by Crippen LogP contribution is 2.36. The van der Waals surface area contributed by atoms with Crippen LogP contribution >= 0.6 is 23.4 Å². The molecule has 3 amide bonds. The van der Waals surface area contributed by atoms with Gasteiger partial charge in [-0.15, -0.1) is 6.42 Å². The Morgan fingerprint density at radius 3 is 3.00 bits per heavy atom. The number of halogens is 1. The Morgan fingerprint density at radius 1 is 1.50 bits per heavy atom. The van der Waals surface area contributed by atoms with Gasteiger partial charge in [0.1, 0.15) is 0 Å². The number of nitrogens with one attached hydrogen (secondary N) is 2. The molecule has 2 N–H and O–H groups in total. The summed E-state index contributed by atoms with van der Waals surface area (Å²) in [5, 5.41) is 5.31. The number of carbonyl (C=O) groups excluding carboxylic acids is 3. The lowest BCUT2D eigenvalue weighted by molar-refractivity contribution is -0.120. The summed E-state index contributed by atoms with van der Waals surface area (Å²) < 4.78 is 0. The van der Waals surface area contributed by atoms with Crippen molar-refractivity contribution in [1.29, 1.82) is 0 Å². The first-order valence-electron chi connectivity index (χ1n) is 7.99. The zero-order valence-corrected chi connectivity index (χ0v) is 15.3. The predicted octanol–water partition coefficient (Wildman–Crippen LogP) is 2.38. The Morgan fingerprint density at radius 2 is 2.31 bits per heavy atom. The molecule has 2 heterocycles. The number of anilines is 1. The SMILES string of the molecule is C#CCC(=O)NC1CCN(c2c(Cl)cccc2C=C2SC(=O)NC2=O)C1. The molecule has 0 aliphatic carbocycles. The average Bonchev–Trinajstić information content (AvgIpc) is 3.14. The monoisotopic (exact) mass is 389 g/mol. The lowest BCUT2D eigenvalue weighted by atomic mass is 10.1. The maximum absolute atomic E-state index is 11.8. The minimum Gasteiger partial charge on any atom is -0.368 e. The Labute approximate surface area is 160 Å². The van der Waals surface area contributed by atoms with Gasteiger partial charge in [-0.25, -0.2) is 0 Å². The number of rotatable bonds is 4. The average molecular weight is 390 g/mol. The zero-order chi connectivity index (χ0) is 18.7. The highest BCUT2D eigenvalue weighted by atomic mass is 35.5. The van der Waals surface area contributed by atoms with Gasteiger partial charge in [0.25, 0.3) is 11.1 Å². The number of benzene rings is 1. The van der Waals surface area contributed by atoms with Crippen LogP contribution in [-0.4, -0.2) is 36.2 Å². The molecule has 0 radical (unpaired) electrons. The third-order valence-electron chi connectivity index (χ3n) is 4.08. The Balaban J connectivity index is 1.82. The normalized spacial score (nSPS) is 21.0. The number of imide groups is 1. The fraction of sp³-hybridized carbons (Fsp3) is 0.278. The summed E-state index contributed by atoms with van der Waals surface area (Å²) in [5.74, 6) is 1.75. The molecule has 2 aliphatic rings. The van der Waals surface area contributed by atoms with E-state index >= 15 is 0 Å². The fourth-order valence-electron chi connectivity index (χ4n) is 3.00. The molecule has 1 aromatic carbocycles. The lowest BCUT2D eigenvalue weighted by Gasteiger charge is -2.22. The van der Waals surface area contributed by atoms with E-state index < -0.39 is 5.91 Å². The summed E-state index contributed by atoms with van der Waals surface area (Å²) in [6, 6.07) is 5.39. The number of para-hydroxylation sites is 1. The third-order valence-corrected chi connectivity index (χ3v) is 5.19. The van der Waals surface area contributed by atoms with Crippen LogP contribution in [0.5, 0.6) is 0 Å². The minimum absolute atomic E-state index is 0.0154. The van der Waals surface area contributed by atoms with E-state index in [9.17, 15) is 14.4 Å². The van der Waals surface area contributed by atoms with Crippen molar-refractivity contribution in [3.05, 3.63) is 33.7 Å². The predicted molar refractivity (Wildman–Crippen MR) is 103 cm³/mol. The number of terminal acetylenes is 1. The number of thioether (sulfide) groups is 1. The molecule has 2 aliphatic heterocycles. The number of nitrogens with zero attached hydrogens (tertiary/aromatic N) is 1. The first-order valence-corrected chi connectivity index (χ1v) is 9.18. The molecule has 1 atom stereocenters. The van der Waals surface area contributed by atoms with E-state index in [1.54, 1.807) is 18.2 Å². The van der Waals surface area contributed by atoms with Crippen LogP contribution in [0.25, 0.3) is 6.08 Å². The molecule has 0 aromatic heterocycles. The van der Waals surface area contributed by atoms with Gasteiger partial charge in [0.05, 0.1) is 22.0 Å². The molecule has 0 spiro atoms. The Hall–Kier alpha value is -2.43. The van der Waals surface area contributed by atoms with E-state index in [2.05, 4.69) is 21.5 Å². The van der Waals surface area contributed by atoms with Crippen molar-refractivity contribution in [2.75, 3.05) is 18.0 Å². The summed E-state index contributed by atoms with van der Waals surface area (Å²) in [4.78, 5) is 37.3. The van der Waals surface area contributed by atoms with Gasteiger partial charge in [-0.1, -0.05) is 29.7 Å². The van der Waals surface area contributed by atoms with Gasteiger partial charge in [0.15, 0.2) is 0 Å². The smallest absolute Gasteiger partial charge is 0.290 e. The largest absolute Gasteiger partial charge is 0.368 e. The first-order chi connectivity index (χ1) is 12.5. The van der Waals surface area contributed by atoms with E-state index in [0.29, 0.717) is 23.0 Å². The highest BCUT2D eigenvalue weighted by molar-refractivity contribution is 8.18. The van der Waals surface area contributed by atoms with Crippen LogP contribution in [0, 0.1) is 12.3 Å². The molecule has 3 rings (SSSR count). The molecule has 1 aromatic rings. The number of hydrogen-bond donors (Lipinski definition) is 2. The Kier molecular flexibility index (Phi) is 5.55. The second kappa shape index (κ2) is 7.85. The van der Waals surface area contributed by atoms with Crippen molar-refractivity contribution in [2.24, 2.45) is 0 Å². The van der Waals surface area contributed by atoms with Crippen LogP contribution < -0.4 is 15.5 Å². The molecule has 2 saturated heterocycles. The van der Waals surface area contributed by atoms with Gasteiger partial charge in [-0.05, 0) is 30.3 Å². The van der Waals surface area contributed by atoms with Gasteiger partial charge in [0.2, 0.25) is 5.91 Å². The first kappa shape index (κ1) is 18.4. The summed E-state index contributed by atoms with van der Waals surface area (Å²) in [7, 11) is 0. The fourth-order valence-corrected chi connectivity index (χ4v) is 3.97. The number of hydrogen-bond acceptors (Lipinski definition) is 5. The molecule has 134 valence electrons. The van der Waals surface area contributed by atoms with E-state index in [4.69, 9.17) is 18.0 Å². The molecular weight excluding hydrogens is 374 g/mol. The van der Waals surface area contributed by atoms with Gasteiger partial charge >= 0.3 is 0 Å². The maximum atomic E-state index is 11.8. The van der Waals surface area contributed by atoms with Gasteiger partial charge in [-0.2, -0.15) is 0 Å². The van der Waals surface area contributed by atoms with E-state index in [-0.39, 0.29) is 23.6 Å². The molecule has 2 fully saturated rings. The van der Waals surface area contributed by atoms with Crippen molar-refractivity contribution in [2.45, 2.75) is 18.9 Å². The van der Waals surface area contributed by atoms with Gasteiger partial charge in [0, 0.05) is 24.7 Å². The van der Waals surface area contributed by atoms with E-state index in [1.807, 2.05) is 6.07 Å². The van der Waals surface area contributed by atoms with Crippen LogP contribution in [0.1, 0.15) is 18.4 Å². The third kappa shape index (κ3) is 4.03. The van der Waals surface area contributed by atoms with Gasteiger partial charge in [-0.3, -0.25) is 19.7 Å². The van der Waals surface area contributed by atoms with E-state index in [0.717, 1.165) is 29.4 Å². The second-order valence-corrected chi connectivity index (χ2v) is 7.33. The molecule has 0 saturated carbocycles. The lowest BCUT2D eigenvalue weighted by Crippen LogP contribution is -2.36. The maximum Gasteiger partial charge on any atom is 0.290 e. The van der Waals surface area contributed by atoms with Crippen molar-refractivity contribution >= 4 is 52.2 Å². The van der Waals surface area contributed by atoms with Gasteiger partial charge < -0.3 is 10.2 Å². The van der Waals surface area contributed by atoms with Crippen LogP contribution in [0.4, 0.5) is 10.5 Å². The highest BCUT2D eigenvalue weighted by Gasteiger charge is 2.28. The van der Waals surface area contributed by atoms with Crippen molar-refractivity contribution in [3.63, 3.8) is 0 Å². The second-order valence-electron chi connectivity index (χ2n) is 5.91. The minimum atomic E-state index is -0.410.